The minimum atomic E-state index is -1.22. The van der Waals surface area contributed by atoms with Gasteiger partial charge in [-0.1, -0.05) is 13.8 Å². The van der Waals surface area contributed by atoms with Gasteiger partial charge in [-0.25, -0.2) is 9.59 Å². The summed E-state index contributed by atoms with van der Waals surface area (Å²) in [5.74, 6) is -0.724. The van der Waals surface area contributed by atoms with E-state index in [1.807, 2.05) is 0 Å². The zero-order valence-corrected chi connectivity index (χ0v) is 12.0. The number of hydrogen-bond acceptors (Lipinski definition) is 3. The fraction of sp³-hybridized carbons (Fsp3) is 0.643. The van der Waals surface area contributed by atoms with Gasteiger partial charge in [0.25, 0.3) is 5.91 Å². The van der Waals surface area contributed by atoms with Crippen LogP contribution in [0.1, 0.15) is 33.1 Å². The maximum absolute atomic E-state index is 11.9. The average Bonchev–Trinajstić information content (AvgIpc) is 2.62. The molecule has 0 bridgehead atoms. The Balaban J connectivity index is 2.47. The number of imide groups is 1. The minimum Gasteiger partial charge on any atom is -0.478 e. The Morgan fingerprint density at radius 3 is 2.50 bits per heavy atom. The van der Waals surface area contributed by atoms with Crippen molar-refractivity contribution in [2.45, 2.75) is 33.1 Å². The quantitative estimate of drug-likeness (QED) is 0.770. The van der Waals surface area contributed by atoms with E-state index in [1.165, 1.54) is 0 Å². The molecule has 0 saturated carbocycles. The first-order valence-electron chi connectivity index (χ1n) is 6.91. The molecular weight excluding hydrogens is 260 g/mol. The van der Waals surface area contributed by atoms with E-state index in [-0.39, 0.29) is 0 Å². The topological polar surface area (TPSA) is 86.7 Å². The highest BCUT2D eigenvalue weighted by Crippen LogP contribution is 2.24. The minimum absolute atomic E-state index is 0.450. The van der Waals surface area contributed by atoms with Crippen molar-refractivity contribution in [1.29, 1.82) is 0 Å². The van der Waals surface area contributed by atoms with Crippen molar-refractivity contribution in [3.8, 4) is 0 Å². The van der Waals surface area contributed by atoms with Crippen molar-refractivity contribution in [2.75, 3.05) is 13.1 Å². The van der Waals surface area contributed by atoms with Crippen LogP contribution < -0.4 is 5.32 Å². The molecule has 1 unspecified atom stereocenters. The molecule has 0 radical (unpaired) electrons. The van der Waals surface area contributed by atoms with Crippen LogP contribution in [0.2, 0.25) is 0 Å². The highest BCUT2D eigenvalue weighted by atomic mass is 16.4. The van der Waals surface area contributed by atoms with E-state index >= 15 is 0 Å². The fourth-order valence-electron chi connectivity index (χ4n) is 2.36. The number of rotatable bonds is 3. The van der Waals surface area contributed by atoms with Gasteiger partial charge in [-0.3, -0.25) is 10.1 Å². The highest BCUT2D eigenvalue weighted by Gasteiger charge is 2.22. The maximum Gasteiger partial charge on any atom is 0.328 e. The van der Waals surface area contributed by atoms with Gasteiger partial charge in [0, 0.05) is 25.2 Å². The molecule has 6 nitrogen and oxygen atoms in total. The summed E-state index contributed by atoms with van der Waals surface area (Å²) in [6.45, 7) is 5.62. The normalized spacial score (nSPS) is 19.9. The van der Waals surface area contributed by atoms with Gasteiger partial charge in [0.2, 0.25) is 0 Å². The summed E-state index contributed by atoms with van der Waals surface area (Å²) >= 11 is 0. The van der Waals surface area contributed by atoms with Crippen molar-refractivity contribution in [1.82, 2.24) is 10.2 Å². The lowest BCUT2D eigenvalue weighted by Gasteiger charge is -2.21. The predicted octanol–water partition coefficient (Wildman–Crippen LogP) is 1.62. The molecule has 20 heavy (non-hydrogen) atoms. The van der Waals surface area contributed by atoms with Crippen molar-refractivity contribution in [3.63, 3.8) is 0 Å². The van der Waals surface area contributed by atoms with Crippen LogP contribution in [-0.4, -0.2) is 41.0 Å². The molecule has 3 amide bonds. The van der Waals surface area contributed by atoms with Gasteiger partial charge in [0.15, 0.2) is 0 Å². The Kier molecular flexibility index (Phi) is 6.21. The van der Waals surface area contributed by atoms with E-state index in [4.69, 9.17) is 5.11 Å². The third-order valence-electron chi connectivity index (χ3n) is 3.61. The lowest BCUT2D eigenvalue weighted by molar-refractivity contribution is -0.131. The third kappa shape index (κ3) is 5.42. The summed E-state index contributed by atoms with van der Waals surface area (Å²) in [4.78, 5) is 35.1. The summed E-state index contributed by atoms with van der Waals surface area (Å²) in [6, 6.07) is -0.450. The maximum atomic E-state index is 11.9. The average molecular weight is 282 g/mol. The monoisotopic (exact) mass is 282 g/mol. The van der Waals surface area contributed by atoms with Crippen LogP contribution in [0.15, 0.2) is 12.2 Å². The van der Waals surface area contributed by atoms with Gasteiger partial charge >= 0.3 is 12.0 Å². The third-order valence-corrected chi connectivity index (χ3v) is 3.61. The van der Waals surface area contributed by atoms with Crippen LogP contribution >= 0.6 is 0 Å². The van der Waals surface area contributed by atoms with E-state index in [0.29, 0.717) is 31.0 Å². The number of hydrogen-bond donors (Lipinski definition) is 2. The van der Waals surface area contributed by atoms with Gasteiger partial charge in [-0.15, -0.1) is 0 Å². The molecular formula is C14H22N2O4. The van der Waals surface area contributed by atoms with E-state index < -0.39 is 17.9 Å². The highest BCUT2D eigenvalue weighted by molar-refractivity contribution is 6.02. The summed E-state index contributed by atoms with van der Waals surface area (Å²) < 4.78 is 0. The number of amides is 3. The standard InChI is InChI=1S/C14H22N2O4/c1-10(2)11-4-3-8-16(9-7-11)14(20)15-12(17)5-6-13(18)19/h5-6,10-11H,3-4,7-9H2,1-2H3,(H,18,19)(H,15,17,20). The smallest absolute Gasteiger partial charge is 0.328 e. The molecule has 0 aromatic rings. The zero-order valence-electron chi connectivity index (χ0n) is 12.0. The number of carboxylic acids is 1. The number of likely N-dealkylation sites (tertiary alicyclic amines) is 1. The van der Waals surface area contributed by atoms with Crippen LogP contribution in [0.5, 0.6) is 0 Å². The molecule has 1 saturated heterocycles. The number of aliphatic carboxylic acids is 1. The second-order valence-corrected chi connectivity index (χ2v) is 5.39. The SMILES string of the molecule is CC(C)C1CCCN(C(=O)NC(=O)C=CC(=O)O)CC1. The molecule has 1 atom stereocenters. The van der Waals surface area contributed by atoms with Gasteiger partial charge in [-0.05, 0) is 31.1 Å². The second-order valence-electron chi connectivity index (χ2n) is 5.39. The van der Waals surface area contributed by atoms with Crippen molar-refractivity contribution < 1.29 is 19.5 Å². The molecule has 1 rings (SSSR count). The lowest BCUT2D eigenvalue weighted by Crippen LogP contribution is -2.42. The Morgan fingerprint density at radius 1 is 1.20 bits per heavy atom. The molecule has 0 aliphatic carbocycles. The number of nitrogens with zero attached hydrogens (tertiary/aromatic N) is 1. The van der Waals surface area contributed by atoms with E-state index in [1.54, 1.807) is 4.90 Å². The van der Waals surface area contributed by atoms with E-state index in [2.05, 4.69) is 19.2 Å². The number of nitrogens with one attached hydrogen (secondary N) is 1. The Morgan fingerprint density at radius 2 is 1.90 bits per heavy atom. The first-order valence-corrected chi connectivity index (χ1v) is 6.91. The second kappa shape index (κ2) is 7.67. The summed E-state index contributed by atoms with van der Waals surface area (Å²) in [6.07, 6.45) is 4.50. The lowest BCUT2D eigenvalue weighted by atomic mass is 9.89. The molecule has 1 aliphatic rings. The molecule has 0 aromatic carbocycles. The van der Waals surface area contributed by atoms with E-state index in [9.17, 15) is 14.4 Å². The van der Waals surface area contributed by atoms with Crippen LogP contribution in [0, 0.1) is 11.8 Å². The number of carboxylic acid groups (broad SMARTS) is 1. The molecule has 1 heterocycles. The van der Waals surface area contributed by atoms with Gasteiger partial charge in [0.05, 0.1) is 0 Å². The molecule has 1 aliphatic heterocycles. The predicted molar refractivity (Wildman–Crippen MR) is 74.1 cm³/mol. The van der Waals surface area contributed by atoms with Gasteiger partial charge in [-0.2, -0.15) is 0 Å². The molecule has 1 fully saturated rings. The van der Waals surface area contributed by atoms with Gasteiger partial charge < -0.3 is 10.0 Å². The molecule has 112 valence electrons. The molecule has 0 spiro atoms. The van der Waals surface area contributed by atoms with Crippen molar-refractivity contribution in [3.05, 3.63) is 12.2 Å². The molecule has 0 aromatic heterocycles. The fourth-order valence-corrected chi connectivity index (χ4v) is 2.36. The first-order chi connectivity index (χ1) is 9.40. The zero-order chi connectivity index (χ0) is 15.1. The number of carbonyl (C=O) groups excluding carboxylic acids is 2. The Labute approximate surface area is 118 Å². The summed E-state index contributed by atoms with van der Waals surface area (Å²) in [7, 11) is 0. The number of carbonyl (C=O) groups is 3. The van der Waals surface area contributed by atoms with Crippen LogP contribution in [-0.2, 0) is 9.59 Å². The largest absolute Gasteiger partial charge is 0.478 e. The molecule has 6 heteroatoms. The first kappa shape index (κ1) is 16.2. The van der Waals surface area contributed by atoms with Crippen molar-refractivity contribution >= 4 is 17.9 Å². The van der Waals surface area contributed by atoms with Crippen LogP contribution in [0.3, 0.4) is 0 Å². The van der Waals surface area contributed by atoms with Crippen LogP contribution in [0.25, 0.3) is 0 Å². The van der Waals surface area contributed by atoms with Crippen LogP contribution in [0.4, 0.5) is 4.79 Å². The van der Waals surface area contributed by atoms with Gasteiger partial charge in [0.1, 0.15) is 0 Å². The molecule has 2 N–H and O–H groups in total. The summed E-state index contributed by atoms with van der Waals surface area (Å²) in [5, 5.41) is 10.6. The Hall–Kier alpha value is -1.85. The summed E-state index contributed by atoms with van der Waals surface area (Å²) in [5.41, 5.74) is 0. The van der Waals surface area contributed by atoms with E-state index in [0.717, 1.165) is 25.3 Å². The van der Waals surface area contributed by atoms with Crippen molar-refractivity contribution in [2.24, 2.45) is 11.8 Å². The Bertz CT molecular complexity index is 404. The number of urea groups is 1.